The van der Waals surface area contributed by atoms with Crippen molar-refractivity contribution in [3.63, 3.8) is 0 Å². The summed E-state index contributed by atoms with van der Waals surface area (Å²) in [5.41, 5.74) is 2.38. The van der Waals surface area contributed by atoms with Crippen molar-refractivity contribution in [2.45, 2.75) is 13.8 Å². The zero-order valence-corrected chi connectivity index (χ0v) is 17.4. The summed E-state index contributed by atoms with van der Waals surface area (Å²) in [6.45, 7) is 3.50. The Labute approximate surface area is 183 Å². The van der Waals surface area contributed by atoms with E-state index in [1.807, 2.05) is 19.1 Å². The highest BCUT2D eigenvalue weighted by atomic mass is 19.1. The van der Waals surface area contributed by atoms with E-state index >= 15 is 0 Å². The van der Waals surface area contributed by atoms with Crippen LogP contribution in [0, 0.1) is 25.5 Å². The van der Waals surface area contributed by atoms with Crippen LogP contribution in [-0.2, 0) is 0 Å². The Bertz CT molecular complexity index is 1340. The molecule has 7 heteroatoms. The van der Waals surface area contributed by atoms with Crippen molar-refractivity contribution in [1.29, 1.82) is 0 Å². The summed E-state index contributed by atoms with van der Waals surface area (Å²) in [5, 5.41) is 7.10. The molecule has 1 heterocycles. The van der Waals surface area contributed by atoms with Crippen LogP contribution in [0.2, 0.25) is 0 Å². The Balaban J connectivity index is 1.94. The monoisotopic (exact) mass is 431 g/mol. The highest BCUT2D eigenvalue weighted by molar-refractivity contribution is 6.05. The third kappa shape index (κ3) is 4.18. The molecule has 0 aliphatic carbocycles. The number of nitrogens with one attached hydrogen (secondary N) is 1. The first-order valence-corrected chi connectivity index (χ1v) is 9.87. The number of nitrogens with zero attached hydrogens (tertiary/aromatic N) is 2. The lowest BCUT2D eigenvalue weighted by Gasteiger charge is -2.18. The van der Waals surface area contributed by atoms with Crippen LogP contribution >= 0.6 is 0 Å². The van der Waals surface area contributed by atoms with Crippen LogP contribution in [0.15, 0.2) is 77.6 Å². The highest BCUT2D eigenvalue weighted by Gasteiger charge is 2.21. The van der Waals surface area contributed by atoms with Crippen molar-refractivity contribution in [1.82, 2.24) is 9.78 Å². The third-order valence-electron chi connectivity index (χ3n) is 5.00. The smallest absolute Gasteiger partial charge is 0.256 e. The van der Waals surface area contributed by atoms with Crippen molar-refractivity contribution in [2.75, 3.05) is 5.32 Å². The summed E-state index contributed by atoms with van der Waals surface area (Å²) < 4.78 is 28.2. The van der Waals surface area contributed by atoms with Crippen molar-refractivity contribution >= 4 is 11.7 Å². The van der Waals surface area contributed by atoms with Gasteiger partial charge in [0.25, 0.3) is 5.91 Å². The van der Waals surface area contributed by atoms with Gasteiger partial charge in [-0.2, -0.15) is 5.10 Å². The molecule has 3 aromatic carbocycles. The lowest BCUT2D eigenvalue weighted by Crippen LogP contribution is -2.25. The molecule has 0 saturated carbocycles. The number of aromatic nitrogens is 2. The molecule has 0 radical (unpaired) electrons. The van der Waals surface area contributed by atoms with E-state index in [9.17, 15) is 18.4 Å². The van der Waals surface area contributed by atoms with Gasteiger partial charge in [0, 0.05) is 5.56 Å². The molecule has 1 aromatic heterocycles. The fourth-order valence-electron chi connectivity index (χ4n) is 3.29. The second-order valence-corrected chi connectivity index (χ2v) is 7.35. The topological polar surface area (TPSA) is 64.0 Å². The molecular formula is C25H19F2N3O2. The van der Waals surface area contributed by atoms with E-state index in [0.29, 0.717) is 11.3 Å². The largest absolute Gasteiger partial charge is 0.306 e. The van der Waals surface area contributed by atoms with Crippen LogP contribution in [0.1, 0.15) is 21.6 Å². The quantitative estimate of drug-likeness (QED) is 0.492. The molecule has 0 fully saturated rings. The molecular weight excluding hydrogens is 412 g/mol. The fourth-order valence-corrected chi connectivity index (χ4v) is 3.29. The van der Waals surface area contributed by atoms with E-state index in [1.54, 1.807) is 19.1 Å². The number of amides is 1. The van der Waals surface area contributed by atoms with Crippen LogP contribution in [0.4, 0.5) is 14.6 Å². The van der Waals surface area contributed by atoms with Gasteiger partial charge in [-0.15, -0.1) is 0 Å². The maximum Gasteiger partial charge on any atom is 0.256 e. The molecule has 4 rings (SSSR count). The molecule has 32 heavy (non-hydrogen) atoms. The Kier molecular flexibility index (Phi) is 5.64. The van der Waals surface area contributed by atoms with Crippen molar-refractivity contribution in [2.24, 2.45) is 0 Å². The molecule has 1 N–H and O–H groups in total. The van der Waals surface area contributed by atoms with Gasteiger partial charge in [0.2, 0.25) is 5.43 Å². The van der Waals surface area contributed by atoms with Gasteiger partial charge >= 0.3 is 0 Å². The predicted octanol–water partition coefficient (Wildman–Crippen LogP) is 5.05. The van der Waals surface area contributed by atoms with Crippen LogP contribution in [0.25, 0.3) is 16.8 Å². The molecule has 5 nitrogen and oxygen atoms in total. The fraction of sp³-hybridized carbons (Fsp3) is 0.0800. The number of carbonyl (C=O) groups excluding carboxylic acids is 1. The van der Waals surface area contributed by atoms with Crippen molar-refractivity contribution < 1.29 is 13.6 Å². The second-order valence-electron chi connectivity index (χ2n) is 7.35. The van der Waals surface area contributed by atoms with Crippen molar-refractivity contribution in [3.8, 4) is 16.8 Å². The van der Waals surface area contributed by atoms with E-state index in [2.05, 4.69) is 10.4 Å². The summed E-state index contributed by atoms with van der Waals surface area (Å²) >= 11 is 0. The zero-order valence-electron chi connectivity index (χ0n) is 17.4. The van der Waals surface area contributed by atoms with Crippen LogP contribution in [0.3, 0.4) is 0 Å². The summed E-state index contributed by atoms with van der Waals surface area (Å²) in [5.74, 6) is -1.31. The van der Waals surface area contributed by atoms with Crippen LogP contribution in [0.5, 0.6) is 0 Å². The molecule has 0 atom stereocenters. The standard InChI is InChI=1S/C25H19F2N3O2/c1-15-3-5-17(6-4-15)22-23(31)16(2)29-30(21-13-11-20(27)12-14-21)24(22)28-25(32)18-7-9-19(26)10-8-18/h3-14H,1-2H3,(H,28,32). The minimum Gasteiger partial charge on any atom is -0.306 e. The summed E-state index contributed by atoms with van der Waals surface area (Å²) in [7, 11) is 0. The lowest BCUT2D eigenvalue weighted by atomic mass is 10.0. The van der Waals surface area contributed by atoms with Gasteiger partial charge < -0.3 is 5.32 Å². The number of halogens is 2. The minimum atomic E-state index is -0.542. The maximum atomic E-state index is 13.5. The predicted molar refractivity (Wildman–Crippen MR) is 119 cm³/mol. The normalized spacial score (nSPS) is 10.8. The molecule has 0 saturated heterocycles. The molecule has 0 aliphatic heterocycles. The molecule has 0 aliphatic rings. The highest BCUT2D eigenvalue weighted by Crippen LogP contribution is 2.28. The Hall–Kier alpha value is -4.13. The number of anilines is 1. The number of hydrogen-bond acceptors (Lipinski definition) is 3. The molecule has 1 amide bonds. The van der Waals surface area contributed by atoms with E-state index in [0.717, 1.165) is 5.56 Å². The number of benzene rings is 3. The number of rotatable bonds is 4. The molecule has 4 aromatic rings. The molecule has 160 valence electrons. The first-order chi connectivity index (χ1) is 15.3. The summed E-state index contributed by atoms with van der Waals surface area (Å²) in [4.78, 5) is 26.1. The van der Waals surface area contributed by atoms with Crippen LogP contribution < -0.4 is 10.7 Å². The van der Waals surface area contributed by atoms with Gasteiger partial charge in [-0.3, -0.25) is 9.59 Å². The Morgan fingerprint density at radius 3 is 2.00 bits per heavy atom. The first kappa shape index (κ1) is 21.1. The van der Waals surface area contributed by atoms with E-state index in [4.69, 9.17) is 0 Å². The van der Waals surface area contributed by atoms with Gasteiger partial charge in [0.05, 0.1) is 11.3 Å². The van der Waals surface area contributed by atoms with Gasteiger partial charge in [-0.25, -0.2) is 13.5 Å². The second kappa shape index (κ2) is 8.55. The lowest BCUT2D eigenvalue weighted by molar-refractivity contribution is 0.102. The zero-order chi connectivity index (χ0) is 22.8. The van der Waals surface area contributed by atoms with Gasteiger partial charge in [0.15, 0.2) is 0 Å². The van der Waals surface area contributed by atoms with Crippen LogP contribution in [-0.4, -0.2) is 15.7 Å². The third-order valence-corrected chi connectivity index (χ3v) is 5.00. The molecule has 0 bridgehead atoms. The minimum absolute atomic E-state index is 0.130. The average molecular weight is 431 g/mol. The maximum absolute atomic E-state index is 13.5. The van der Waals surface area contributed by atoms with E-state index < -0.39 is 17.5 Å². The number of aryl methyl sites for hydroxylation is 2. The van der Waals surface area contributed by atoms with Crippen molar-refractivity contribution in [3.05, 3.63) is 111 Å². The first-order valence-electron chi connectivity index (χ1n) is 9.87. The number of hydrogen-bond donors (Lipinski definition) is 1. The van der Waals surface area contributed by atoms with Gasteiger partial charge in [-0.05, 0) is 67.9 Å². The SMILES string of the molecule is Cc1ccc(-c2c(NC(=O)c3ccc(F)cc3)n(-c3ccc(F)cc3)nc(C)c2=O)cc1. The van der Waals surface area contributed by atoms with E-state index in [-0.39, 0.29) is 28.1 Å². The van der Waals surface area contributed by atoms with E-state index in [1.165, 1.54) is 53.2 Å². The van der Waals surface area contributed by atoms with Gasteiger partial charge in [0.1, 0.15) is 23.1 Å². The Morgan fingerprint density at radius 1 is 0.844 bits per heavy atom. The molecule has 0 unspecified atom stereocenters. The summed E-state index contributed by atoms with van der Waals surface area (Å²) in [6.07, 6.45) is 0. The van der Waals surface area contributed by atoms with Gasteiger partial charge in [-0.1, -0.05) is 29.8 Å². The molecule has 0 spiro atoms. The average Bonchev–Trinajstić information content (AvgIpc) is 2.78. The summed E-state index contributed by atoms with van der Waals surface area (Å²) in [6, 6.07) is 17.9. The number of carbonyl (C=O) groups is 1. The Morgan fingerprint density at radius 2 is 1.41 bits per heavy atom.